The molecule has 8 fully saturated rings. The molecule has 7 unspecified atom stereocenters. The summed E-state index contributed by atoms with van der Waals surface area (Å²) in [5, 5.41) is 22.2. The van der Waals surface area contributed by atoms with Gasteiger partial charge in [-0.3, -0.25) is 19.3 Å². The number of morpholine rings is 1. The van der Waals surface area contributed by atoms with E-state index in [1.54, 1.807) is 20.8 Å². The number of benzene rings is 2. The lowest BCUT2D eigenvalue weighted by atomic mass is 9.44. The van der Waals surface area contributed by atoms with Crippen LogP contribution in [0.4, 0.5) is 0 Å². The van der Waals surface area contributed by atoms with Crippen LogP contribution in [0.3, 0.4) is 0 Å². The highest BCUT2D eigenvalue weighted by Crippen LogP contribution is 2.71. The predicted molar refractivity (Wildman–Crippen MR) is 295 cm³/mol. The summed E-state index contributed by atoms with van der Waals surface area (Å²) < 4.78 is 58.7. The van der Waals surface area contributed by atoms with Gasteiger partial charge in [0.2, 0.25) is 12.2 Å². The van der Waals surface area contributed by atoms with Crippen LogP contribution in [0.25, 0.3) is 6.08 Å². The summed E-state index contributed by atoms with van der Waals surface area (Å²) in [6, 6.07) is 5.47. The average molecular weight is 1110 g/mol. The van der Waals surface area contributed by atoms with Crippen molar-refractivity contribution in [1.29, 1.82) is 0 Å². The normalized spacial score (nSPS) is 34.7. The Balaban J connectivity index is 1.03. The number of carbonyl (C=O) groups excluding carboxylic acids is 4. The second-order valence-corrected chi connectivity index (χ2v) is 25.3. The van der Waals surface area contributed by atoms with Crippen molar-refractivity contribution >= 4 is 29.5 Å². The second kappa shape index (κ2) is 21.2. The van der Waals surface area contributed by atoms with E-state index in [1.807, 2.05) is 57.7 Å². The first-order valence-electron chi connectivity index (χ1n) is 28.9. The van der Waals surface area contributed by atoms with Gasteiger partial charge in [0, 0.05) is 61.6 Å². The molecule has 3 aliphatic carbocycles. The van der Waals surface area contributed by atoms with E-state index in [0.29, 0.717) is 74.7 Å². The molecule has 2 N–H and O–H groups in total. The molecule has 4 bridgehead atoms. The number of aliphatic hydroxyl groups excluding tert-OH is 2. The number of aliphatic hydroxyl groups is 2. The molecule has 12 rings (SSSR count). The fraction of sp³-hybridized carbons (Fsp3) is 0.619. The lowest BCUT2D eigenvalue weighted by Crippen LogP contribution is -2.82. The molecule has 2 aromatic carbocycles. The Kier molecular flexibility index (Phi) is 15.0. The molecular weight excluding hydrogens is 1020 g/mol. The molecule has 3 saturated carbocycles. The highest BCUT2D eigenvalue weighted by atomic mass is 16.8. The number of allylic oxidation sites excluding steroid dienone is 4. The minimum atomic E-state index is -1.69. The topological polar surface area (TPSA) is 198 Å². The van der Waals surface area contributed by atoms with E-state index in [9.17, 15) is 19.8 Å². The van der Waals surface area contributed by atoms with Gasteiger partial charge in [-0.15, -0.1) is 0 Å². The Morgan fingerprint density at radius 3 is 2.26 bits per heavy atom. The van der Waals surface area contributed by atoms with E-state index in [2.05, 4.69) is 30.9 Å². The van der Waals surface area contributed by atoms with E-state index in [-0.39, 0.29) is 65.3 Å². The highest BCUT2D eigenvalue weighted by Gasteiger charge is 2.86. The maximum Gasteiger partial charge on any atom is 0.343 e. The molecule has 17 nitrogen and oxygen atoms in total. The fourth-order valence-electron chi connectivity index (χ4n) is 14.4. The quantitative estimate of drug-likeness (QED) is 0.0845. The van der Waals surface area contributed by atoms with Crippen molar-refractivity contribution in [2.75, 3.05) is 46.0 Å². The van der Waals surface area contributed by atoms with Crippen molar-refractivity contribution in [3.63, 3.8) is 0 Å². The number of esters is 1. The first-order chi connectivity index (χ1) is 38.0. The largest absolute Gasteiger partial charge is 0.482 e. The van der Waals surface area contributed by atoms with Crippen LogP contribution in [0, 0.1) is 17.8 Å². The maximum absolute atomic E-state index is 16.8. The monoisotopic (exact) mass is 1100 g/mol. The van der Waals surface area contributed by atoms with E-state index in [1.165, 1.54) is 29.8 Å². The molecule has 80 heavy (non-hydrogen) atoms. The van der Waals surface area contributed by atoms with E-state index in [4.69, 9.17) is 42.6 Å². The molecular formula is C63H80N2O15. The Morgan fingerprint density at radius 1 is 0.850 bits per heavy atom. The lowest BCUT2D eigenvalue weighted by molar-refractivity contribution is -0.373. The predicted octanol–water partition coefficient (Wildman–Crippen LogP) is 8.05. The number of likely N-dealkylation sites (tertiary alicyclic amines) is 1. The molecule has 0 aromatic heterocycles. The first-order valence-corrected chi connectivity index (χ1v) is 28.9. The zero-order valence-electron chi connectivity index (χ0n) is 48.1. The van der Waals surface area contributed by atoms with Crippen LogP contribution in [-0.2, 0) is 39.7 Å². The van der Waals surface area contributed by atoms with Gasteiger partial charge in [0.25, 0.3) is 0 Å². The molecule has 17 heteroatoms. The lowest BCUT2D eigenvalue weighted by Gasteiger charge is -2.64. The Labute approximate surface area is 469 Å². The molecule has 7 aliphatic heterocycles. The van der Waals surface area contributed by atoms with Crippen LogP contribution in [0.5, 0.6) is 23.0 Å². The fourth-order valence-corrected chi connectivity index (χ4v) is 14.4. The smallest absolute Gasteiger partial charge is 0.343 e. The van der Waals surface area contributed by atoms with Gasteiger partial charge in [-0.1, -0.05) is 29.4 Å². The van der Waals surface area contributed by atoms with Gasteiger partial charge < -0.3 is 57.7 Å². The third kappa shape index (κ3) is 9.68. The van der Waals surface area contributed by atoms with Crippen molar-refractivity contribution in [3.05, 3.63) is 87.5 Å². The van der Waals surface area contributed by atoms with E-state index in [0.717, 1.165) is 31.3 Å². The molecule has 5 saturated heterocycles. The number of amides is 1. The van der Waals surface area contributed by atoms with Crippen molar-refractivity contribution in [2.24, 2.45) is 17.8 Å². The SMILES string of the molecule is CC(C)=CCCC1(C)C=Cc2c(c(CC=C(C)C)c3c(c2OC(=O)c2ccc(O[C@@H]4O[C@@H]5COC(C)(C)O[C@H]5[C@@H](O)[C@H]4O)cc2)C(=O)C2C(N4CCOCC4)C4CC5C(C)(C)OC(CC=C(C)C(=O)N6CCCCC6)(C4=O)C25O3)O1. The zero-order valence-corrected chi connectivity index (χ0v) is 48.1. The van der Waals surface area contributed by atoms with Crippen molar-refractivity contribution < 1.29 is 72.0 Å². The molecule has 432 valence electrons. The standard InChI is InChI=1S/C63H80N2O15/c1-35(2)15-14-24-61(10)25-23-41-51(78-61)40(21-16-36(3)4)53-45(52(41)76-57(71)38-17-19-39(20-18-38)74-58-50(68)49(67)54-43(75-58)34-73-60(8,9)77-54)48(66)46-47(64-29-31-72-32-30-64)42-33-44-59(6,7)80-62(55(42)69,63(44,46)79-53)26-22-37(5)56(70)65-27-12-11-13-28-65/h15-20,22-23,25,42-44,46-47,49-50,54,58,67-68H,11-14,21,24,26-34H2,1-10H3/t42?,43-,44?,46?,47?,49+,50-,54-,58-,61?,62?,63?/m1/s1. The third-order valence-corrected chi connectivity index (χ3v) is 18.3. The van der Waals surface area contributed by atoms with Crippen LogP contribution < -0.4 is 18.9 Å². The Morgan fingerprint density at radius 2 is 1.56 bits per heavy atom. The third-order valence-electron chi connectivity index (χ3n) is 18.3. The number of hydrogen-bond donors (Lipinski definition) is 2. The minimum absolute atomic E-state index is 0.00871. The van der Waals surface area contributed by atoms with Crippen LogP contribution in [0.1, 0.15) is 146 Å². The van der Waals surface area contributed by atoms with Crippen molar-refractivity contribution in [2.45, 2.75) is 186 Å². The van der Waals surface area contributed by atoms with Gasteiger partial charge in [0.05, 0.1) is 42.5 Å². The number of ketones is 2. The number of nitrogens with zero attached hydrogens (tertiary/aromatic N) is 2. The van der Waals surface area contributed by atoms with Crippen molar-refractivity contribution in [3.8, 4) is 23.0 Å². The van der Waals surface area contributed by atoms with Crippen LogP contribution >= 0.6 is 0 Å². The first kappa shape index (κ1) is 56.6. The molecule has 2 aromatic rings. The van der Waals surface area contributed by atoms with Crippen LogP contribution in [0.15, 0.2) is 65.3 Å². The Hall–Kier alpha value is -5.24. The van der Waals surface area contributed by atoms with Gasteiger partial charge in [-0.25, -0.2) is 4.79 Å². The summed E-state index contributed by atoms with van der Waals surface area (Å²) in [7, 11) is 0. The number of carbonyl (C=O) groups is 4. The summed E-state index contributed by atoms with van der Waals surface area (Å²) in [5.41, 5.74) is -1.18. The van der Waals surface area contributed by atoms with Crippen LogP contribution in [0.2, 0.25) is 0 Å². The van der Waals surface area contributed by atoms with Gasteiger partial charge in [-0.05, 0) is 151 Å². The highest BCUT2D eigenvalue weighted by molar-refractivity contribution is 6.11. The molecule has 0 radical (unpaired) electrons. The number of Topliss-reactive ketones (excluding diaryl/α,β-unsaturated/α-hetero) is 2. The molecule has 10 aliphatic rings. The second-order valence-electron chi connectivity index (χ2n) is 25.3. The number of piperidine rings is 1. The van der Waals surface area contributed by atoms with E-state index < -0.39 is 88.7 Å². The number of rotatable bonds is 13. The summed E-state index contributed by atoms with van der Waals surface area (Å²) >= 11 is 0. The molecule has 12 atom stereocenters. The summed E-state index contributed by atoms with van der Waals surface area (Å²) in [4.78, 5) is 65.9. The Bertz CT molecular complexity index is 2920. The molecule has 1 spiro atoms. The van der Waals surface area contributed by atoms with Crippen LogP contribution in [-0.4, -0.2) is 154 Å². The average Bonchev–Trinajstić information content (AvgIpc) is 1.91. The molecule has 1 amide bonds. The number of fused-ring (bicyclic) bond motifs is 3. The maximum atomic E-state index is 16.8. The van der Waals surface area contributed by atoms with Gasteiger partial charge in [0.15, 0.2) is 34.3 Å². The van der Waals surface area contributed by atoms with Gasteiger partial charge in [0.1, 0.15) is 52.8 Å². The summed E-state index contributed by atoms with van der Waals surface area (Å²) in [6.45, 7) is 22.6. The zero-order chi connectivity index (χ0) is 56.8. The molecule has 7 heterocycles. The summed E-state index contributed by atoms with van der Waals surface area (Å²) in [6.07, 6.45) is 9.23. The minimum Gasteiger partial charge on any atom is -0.482 e. The number of hydrogen-bond acceptors (Lipinski definition) is 16. The van der Waals surface area contributed by atoms with Crippen molar-refractivity contribution in [1.82, 2.24) is 9.80 Å². The van der Waals surface area contributed by atoms with Gasteiger partial charge in [-0.2, -0.15) is 0 Å². The number of ether oxygens (including phenoxy) is 9. The summed E-state index contributed by atoms with van der Waals surface area (Å²) in [5.74, 6) is -3.60. The van der Waals surface area contributed by atoms with Gasteiger partial charge >= 0.3 is 5.97 Å². The van der Waals surface area contributed by atoms with E-state index >= 15 is 9.59 Å².